The normalized spacial score (nSPS) is 10.6. The van der Waals surface area contributed by atoms with Crippen molar-refractivity contribution < 1.29 is 18.3 Å². The molecule has 1 aromatic rings. The molecule has 88 valence electrons. The highest BCUT2D eigenvalue weighted by Crippen LogP contribution is 2.28. The number of carbonyl (C=O) groups is 1. The van der Waals surface area contributed by atoms with Crippen molar-refractivity contribution in [3.63, 3.8) is 0 Å². The summed E-state index contributed by atoms with van der Waals surface area (Å²) in [5.74, 6) is -0.434. The Morgan fingerprint density at radius 2 is 2.31 bits per heavy atom. The summed E-state index contributed by atoms with van der Waals surface area (Å²) in [6, 6.07) is 1.47. The largest absolute Gasteiger partial charge is 0.469 e. The van der Waals surface area contributed by atoms with E-state index in [4.69, 9.17) is 0 Å². The molecule has 0 saturated carbocycles. The molecule has 0 saturated heterocycles. The lowest BCUT2D eigenvalue weighted by Crippen LogP contribution is -2.08. The van der Waals surface area contributed by atoms with Gasteiger partial charge < -0.3 is 4.74 Å². The third kappa shape index (κ3) is 3.34. The number of nitrogens with zero attached hydrogens (tertiary/aromatic N) is 1. The van der Waals surface area contributed by atoms with E-state index in [1.54, 1.807) is 0 Å². The second kappa shape index (κ2) is 5.85. The SMILES string of the molecule is COC(=O)Cc1cc(Br)c(C(F)F)nc1I. The van der Waals surface area contributed by atoms with Gasteiger partial charge in [0.05, 0.1) is 13.5 Å². The molecule has 1 aromatic heterocycles. The summed E-state index contributed by atoms with van der Waals surface area (Å²) in [7, 11) is 1.27. The second-order valence-corrected chi connectivity index (χ2v) is 4.74. The lowest BCUT2D eigenvalue weighted by molar-refractivity contribution is -0.139. The number of esters is 1. The summed E-state index contributed by atoms with van der Waals surface area (Å²) in [6.45, 7) is 0. The highest BCUT2D eigenvalue weighted by molar-refractivity contribution is 14.1. The fraction of sp³-hybridized carbons (Fsp3) is 0.333. The van der Waals surface area contributed by atoms with Crippen LogP contribution >= 0.6 is 38.5 Å². The molecule has 0 aliphatic carbocycles. The Hall–Kier alpha value is -0.310. The van der Waals surface area contributed by atoms with E-state index in [0.29, 0.717) is 9.26 Å². The van der Waals surface area contributed by atoms with Crippen molar-refractivity contribution in [2.75, 3.05) is 7.11 Å². The molecule has 1 rings (SSSR count). The van der Waals surface area contributed by atoms with Crippen molar-refractivity contribution in [3.05, 3.63) is 25.5 Å². The molecule has 7 heteroatoms. The zero-order valence-electron chi connectivity index (χ0n) is 8.14. The van der Waals surface area contributed by atoms with Gasteiger partial charge in [-0.25, -0.2) is 13.8 Å². The molecule has 0 amide bonds. The topological polar surface area (TPSA) is 39.2 Å². The van der Waals surface area contributed by atoms with E-state index in [0.717, 1.165) is 0 Å². The first-order chi connectivity index (χ1) is 7.45. The fourth-order valence-electron chi connectivity index (χ4n) is 1.02. The van der Waals surface area contributed by atoms with Crippen LogP contribution in [0.4, 0.5) is 8.78 Å². The van der Waals surface area contributed by atoms with Crippen LogP contribution in [0.15, 0.2) is 10.5 Å². The third-order valence-corrected chi connectivity index (χ3v) is 3.37. The number of hydrogen-bond acceptors (Lipinski definition) is 3. The Morgan fingerprint density at radius 3 is 2.81 bits per heavy atom. The summed E-state index contributed by atoms with van der Waals surface area (Å²) in [6.07, 6.45) is -2.63. The number of ether oxygens (including phenoxy) is 1. The first kappa shape index (κ1) is 13.8. The van der Waals surface area contributed by atoms with E-state index in [-0.39, 0.29) is 16.6 Å². The van der Waals surface area contributed by atoms with E-state index in [2.05, 4.69) is 25.7 Å². The number of carbonyl (C=O) groups excluding carboxylic acids is 1. The molecule has 0 fully saturated rings. The average Bonchev–Trinajstić information content (AvgIpc) is 2.22. The van der Waals surface area contributed by atoms with E-state index in [1.807, 2.05) is 22.6 Å². The summed E-state index contributed by atoms with van der Waals surface area (Å²) < 4.78 is 30.0. The molecule has 0 atom stereocenters. The van der Waals surface area contributed by atoms with E-state index in [9.17, 15) is 13.6 Å². The Labute approximate surface area is 113 Å². The molecule has 0 N–H and O–H groups in total. The van der Waals surface area contributed by atoms with Gasteiger partial charge in [0, 0.05) is 4.47 Å². The van der Waals surface area contributed by atoms with Gasteiger partial charge in [0.2, 0.25) is 0 Å². The Kier molecular flexibility index (Phi) is 5.03. The smallest absolute Gasteiger partial charge is 0.310 e. The first-order valence-corrected chi connectivity index (χ1v) is 6.02. The number of halogens is 4. The van der Waals surface area contributed by atoms with E-state index >= 15 is 0 Å². The second-order valence-electron chi connectivity index (χ2n) is 2.86. The lowest BCUT2D eigenvalue weighted by Gasteiger charge is -2.07. The van der Waals surface area contributed by atoms with Gasteiger partial charge in [-0.1, -0.05) is 0 Å². The third-order valence-electron chi connectivity index (χ3n) is 1.80. The molecule has 0 unspecified atom stereocenters. The van der Waals surface area contributed by atoms with Crippen LogP contribution in [0.1, 0.15) is 17.7 Å². The Balaban J connectivity index is 3.05. The molecule has 1 heterocycles. The molecule has 0 aromatic carbocycles. The maximum absolute atomic E-state index is 12.5. The number of alkyl halides is 2. The molecule has 0 radical (unpaired) electrons. The van der Waals surface area contributed by atoms with Crippen molar-refractivity contribution >= 4 is 44.5 Å². The van der Waals surface area contributed by atoms with Gasteiger partial charge in [-0.2, -0.15) is 0 Å². The minimum Gasteiger partial charge on any atom is -0.469 e. The fourth-order valence-corrected chi connectivity index (χ4v) is 2.17. The summed E-state index contributed by atoms with van der Waals surface area (Å²) in [5.41, 5.74) is 0.238. The van der Waals surface area contributed by atoms with Gasteiger partial charge in [0.15, 0.2) is 0 Å². The van der Waals surface area contributed by atoms with Gasteiger partial charge >= 0.3 is 5.97 Å². The maximum Gasteiger partial charge on any atom is 0.310 e. The highest BCUT2D eigenvalue weighted by atomic mass is 127. The van der Waals surface area contributed by atoms with E-state index < -0.39 is 12.4 Å². The maximum atomic E-state index is 12.5. The van der Waals surface area contributed by atoms with Crippen LogP contribution in [0.3, 0.4) is 0 Å². The van der Waals surface area contributed by atoms with Crippen LogP contribution < -0.4 is 0 Å². The number of hydrogen-bond donors (Lipinski definition) is 0. The van der Waals surface area contributed by atoms with Gasteiger partial charge in [0.1, 0.15) is 9.39 Å². The first-order valence-electron chi connectivity index (χ1n) is 4.15. The number of pyridine rings is 1. The Bertz CT molecular complexity index is 415. The van der Waals surface area contributed by atoms with Crippen LogP contribution in [0.5, 0.6) is 0 Å². The average molecular weight is 406 g/mol. The minimum absolute atomic E-state index is 0.0177. The van der Waals surface area contributed by atoms with Crippen molar-refractivity contribution in [1.82, 2.24) is 4.98 Å². The van der Waals surface area contributed by atoms with Crippen LogP contribution in [0.25, 0.3) is 0 Å². The van der Waals surface area contributed by atoms with Crippen molar-refractivity contribution in [3.8, 4) is 0 Å². The molecule has 0 spiro atoms. The molecular formula is C9H7BrF2INO2. The summed E-state index contributed by atoms with van der Waals surface area (Å²) in [4.78, 5) is 14.8. The van der Waals surface area contributed by atoms with Gasteiger partial charge in [-0.3, -0.25) is 4.79 Å². The lowest BCUT2D eigenvalue weighted by atomic mass is 10.2. The van der Waals surface area contributed by atoms with Crippen molar-refractivity contribution in [2.45, 2.75) is 12.8 Å². The minimum atomic E-state index is -2.64. The molecule has 0 aliphatic rings. The van der Waals surface area contributed by atoms with Crippen molar-refractivity contribution in [2.24, 2.45) is 0 Å². The molecular weight excluding hydrogens is 399 g/mol. The van der Waals surface area contributed by atoms with Gasteiger partial charge in [-0.15, -0.1) is 0 Å². The highest BCUT2D eigenvalue weighted by Gasteiger charge is 2.17. The van der Waals surface area contributed by atoms with Crippen LogP contribution in [0.2, 0.25) is 0 Å². The summed E-state index contributed by atoms with van der Waals surface area (Å²) >= 11 is 4.81. The Morgan fingerprint density at radius 1 is 1.69 bits per heavy atom. The number of rotatable bonds is 3. The molecule has 0 bridgehead atoms. The number of methoxy groups -OCH3 is 1. The van der Waals surface area contributed by atoms with Crippen LogP contribution in [0, 0.1) is 3.70 Å². The summed E-state index contributed by atoms with van der Waals surface area (Å²) in [5, 5.41) is 0. The molecule has 3 nitrogen and oxygen atoms in total. The molecule has 0 aliphatic heterocycles. The number of aromatic nitrogens is 1. The van der Waals surface area contributed by atoms with Crippen LogP contribution in [-0.4, -0.2) is 18.1 Å². The monoisotopic (exact) mass is 405 g/mol. The standard InChI is InChI=1S/C9H7BrF2INO2/c1-16-6(15)3-4-2-5(10)7(8(11)12)14-9(4)13/h2,8H,3H2,1H3. The van der Waals surface area contributed by atoms with Crippen molar-refractivity contribution in [1.29, 1.82) is 0 Å². The zero-order valence-corrected chi connectivity index (χ0v) is 11.9. The van der Waals surface area contributed by atoms with Gasteiger partial charge in [0.25, 0.3) is 6.43 Å². The zero-order chi connectivity index (χ0) is 12.3. The molecule has 16 heavy (non-hydrogen) atoms. The quantitative estimate of drug-likeness (QED) is 0.440. The predicted octanol–water partition coefficient (Wildman–Crippen LogP) is 3.10. The van der Waals surface area contributed by atoms with Gasteiger partial charge in [-0.05, 0) is 50.2 Å². The van der Waals surface area contributed by atoms with Crippen LogP contribution in [-0.2, 0) is 16.0 Å². The van der Waals surface area contributed by atoms with E-state index in [1.165, 1.54) is 13.2 Å². The predicted molar refractivity (Wildman–Crippen MR) is 65.3 cm³/mol.